The number of piperidine rings is 1. The third-order valence-electron chi connectivity index (χ3n) is 5.40. The van der Waals surface area contributed by atoms with E-state index in [1.807, 2.05) is 39.1 Å². The zero-order chi connectivity index (χ0) is 23.6. The van der Waals surface area contributed by atoms with Crippen LogP contribution in [0.5, 0.6) is 0 Å². The number of nitrogens with zero attached hydrogens (tertiary/aromatic N) is 3. The third-order valence-corrected chi connectivity index (χ3v) is 5.40. The summed E-state index contributed by atoms with van der Waals surface area (Å²) in [7, 11) is 0. The Balaban J connectivity index is 1.46. The fourth-order valence-electron chi connectivity index (χ4n) is 3.75. The number of anilines is 4. The number of ether oxygens (including phenoxy) is 1. The predicted octanol–water partition coefficient (Wildman–Crippen LogP) is 4.09. The highest BCUT2D eigenvalue weighted by Crippen LogP contribution is 2.26. The molecule has 3 aromatic rings. The van der Waals surface area contributed by atoms with Gasteiger partial charge in [-0.05, 0) is 57.9 Å². The minimum Gasteiger partial charge on any atom is -0.444 e. The summed E-state index contributed by atoms with van der Waals surface area (Å²) in [6.45, 7) is 6.87. The Labute approximate surface area is 192 Å². The first-order valence-electron chi connectivity index (χ1n) is 11.0. The molecule has 1 saturated heterocycles. The third kappa shape index (κ3) is 5.33. The number of fused-ring (bicyclic) bond motifs is 1. The maximum Gasteiger partial charge on any atom is 0.410 e. The minimum absolute atomic E-state index is 0.173. The molecule has 3 heterocycles. The van der Waals surface area contributed by atoms with Gasteiger partial charge in [0, 0.05) is 48.5 Å². The highest BCUT2D eigenvalue weighted by Gasteiger charge is 2.27. The van der Waals surface area contributed by atoms with Gasteiger partial charge in [0.15, 0.2) is 0 Å². The Morgan fingerprint density at radius 1 is 1.27 bits per heavy atom. The Hall–Kier alpha value is -3.82. The lowest BCUT2D eigenvalue weighted by Gasteiger charge is -2.34. The lowest BCUT2D eigenvalue weighted by Crippen LogP contribution is -2.44. The standard InChI is InChI=1S/C23H30N8O2/c1-23(2,3)33-22(32)31-10-7-15(8-11-31)27-20-17-6-9-26-19(17)29-21(30-20)28-16-5-4-14(13-24)18(25)12-16/h4-6,9,12-13,15,24H,7-8,10-11,25H2,1-3H3,(H3,26,27,28,29,30). The van der Waals surface area contributed by atoms with E-state index in [4.69, 9.17) is 20.9 Å². The number of aromatic nitrogens is 3. The largest absolute Gasteiger partial charge is 0.444 e. The van der Waals surface area contributed by atoms with Crippen molar-refractivity contribution in [1.29, 1.82) is 5.41 Å². The van der Waals surface area contributed by atoms with Gasteiger partial charge in [-0.1, -0.05) is 0 Å². The van der Waals surface area contributed by atoms with Crippen LogP contribution in [0, 0.1) is 5.41 Å². The highest BCUT2D eigenvalue weighted by molar-refractivity contribution is 5.89. The summed E-state index contributed by atoms with van der Waals surface area (Å²) < 4.78 is 5.49. The number of aromatic amines is 1. The van der Waals surface area contributed by atoms with Crippen LogP contribution >= 0.6 is 0 Å². The van der Waals surface area contributed by atoms with Crippen molar-refractivity contribution in [3.8, 4) is 0 Å². The van der Waals surface area contributed by atoms with Gasteiger partial charge in [0.2, 0.25) is 5.95 Å². The zero-order valence-electron chi connectivity index (χ0n) is 19.1. The second-order valence-electron chi connectivity index (χ2n) is 9.13. The lowest BCUT2D eigenvalue weighted by atomic mass is 10.1. The fraction of sp³-hybridized carbons (Fsp3) is 0.391. The Morgan fingerprint density at radius 2 is 2.03 bits per heavy atom. The van der Waals surface area contributed by atoms with Gasteiger partial charge in [-0.25, -0.2) is 4.79 Å². The van der Waals surface area contributed by atoms with Crippen molar-refractivity contribution in [3.63, 3.8) is 0 Å². The van der Waals surface area contributed by atoms with Gasteiger partial charge in [-0.15, -0.1) is 0 Å². The number of benzene rings is 1. The van der Waals surface area contributed by atoms with E-state index in [0.29, 0.717) is 35.9 Å². The summed E-state index contributed by atoms with van der Waals surface area (Å²) in [5.74, 6) is 1.16. The van der Waals surface area contributed by atoms with Gasteiger partial charge in [0.1, 0.15) is 17.1 Å². The first-order valence-corrected chi connectivity index (χ1v) is 11.0. The van der Waals surface area contributed by atoms with Gasteiger partial charge in [-0.2, -0.15) is 9.97 Å². The van der Waals surface area contributed by atoms with Crippen molar-refractivity contribution < 1.29 is 9.53 Å². The number of H-pyrrole nitrogens is 1. The van der Waals surface area contributed by atoms with Gasteiger partial charge in [0.25, 0.3) is 0 Å². The minimum atomic E-state index is -0.499. The number of nitrogens with two attached hydrogens (primary N) is 1. The van der Waals surface area contributed by atoms with Crippen LogP contribution in [0.15, 0.2) is 30.5 Å². The van der Waals surface area contributed by atoms with E-state index in [1.54, 1.807) is 17.0 Å². The molecule has 1 amide bonds. The molecule has 0 atom stereocenters. The topological polar surface area (TPSA) is 145 Å². The van der Waals surface area contributed by atoms with Crippen LogP contribution in [0.2, 0.25) is 0 Å². The van der Waals surface area contributed by atoms with E-state index >= 15 is 0 Å². The average molecular weight is 451 g/mol. The lowest BCUT2D eigenvalue weighted by molar-refractivity contribution is 0.0210. The molecule has 0 saturated carbocycles. The van der Waals surface area contributed by atoms with Gasteiger partial charge >= 0.3 is 6.09 Å². The summed E-state index contributed by atoms with van der Waals surface area (Å²) in [6, 6.07) is 7.47. The monoisotopic (exact) mass is 450 g/mol. The van der Waals surface area contributed by atoms with E-state index in [1.165, 1.54) is 6.21 Å². The van der Waals surface area contributed by atoms with Gasteiger partial charge in [0.05, 0.1) is 5.39 Å². The zero-order valence-corrected chi connectivity index (χ0v) is 19.1. The van der Waals surface area contributed by atoms with Crippen LogP contribution in [0.3, 0.4) is 0 Å². The van der Waals surface area contributed by atoms with Gasteiger partial charge in [-0.3, -0.25) is 0 Å². The van der Waals surface area contributed by atoms with Crippen LogP contribution in [-0.2, 0) is 4.74 Å². The fourth-order valence-corrected chi connectivity index (χ4v) is 3.75. The van der Waals surface area contributed by atoms with Crippen LogP contribution in [0.1, 0.15) is 39.2 Å². The normalized spacial score (nSPS) is 14.8. The smallest absolute Gasteiger partial charge is 0.410 e. The first kappa shape index (κ1) is 22.4. The van der Waals surface area contributed by atoms with E-state index in [9.17, 15) is 4.79 Å². The number of hydrogen-bond acceptors (Lipinski definition) is 8. The molecule has 10 nitrogen and oxygen atoms in total. The molecule has 1 aromatic carbocycles. The number of carbonyl (C=O) groups is 1. The molecular formula is C23H30N8O2. The molecule has 6 N–H and O–H groups in total. The molecule has 1 aliphatic heterocycles. The molecule has 1 fully saturated rings. The van der Waals surface area contributed by atoms with E-state index in [2.05, 4.69) is 20.6 Å². The van der Waals surface area contributed by atoms with Crippen LogP contribution in [0.25, 0.3) is 11.0 Å². The summed E-state index contributed by atoms with van der Waals surface area (Å²) >= 11 is 0. The molecule has 1 aliphatic rings. The molecule has 4 rings (SSSR count). The summed E-state index contributed by atoms with van der Waals surface area (Å²) in [4.78, 5) is 26.5. The summed E-state index contributed by atoms with van der Waals surface area (Å²) in [5.41, 5.74) is 8.10. The number of likely N-dealkylation sites (tertiary alicyclic amines) is 1. The summed E-state index contributed by atoms with van der Waals surface area (Å²) in [6.07, 6.45) is 4.36. The van der Waals surface area contributed by atoms with E-state index < -0.39 is 5.60 Å². The Bertz CT molecular complexity index is 1160. The second kappa shape index (κ2) is 8.97. The molecule has 0 unspecified atom stereocenters. The first-order chi connectivity index (χ1) is 15.7. The Morgan fingerprint density at radius 3 is 2.70 bits per heavy atom. The van der Waals surface area contributed by atoms with Crippen molar-refractivity contribution >= 4 is 46.5 Å². The molecule has 0 radical (unpaired) electrons. The number of amides is 1. The van der Waals surface area contributed by atoms with Crippen molar-refractivity contribution in [2.24, 2.45) is 0 Å². The number of rotatable bonds is 5. The quantitative estimate of drug-likeness (QED) is 0.291. The highest BCUT2D eigenvalue weighted by atomic mass is 16.6. The number of carbonyl (C=O) groups excluding carboxylic acids is 1. The van der Waals surface area contributed by atoms with Gasteiger partial charge < -0.3 is 36.4 Å². The second-order valence-corrected chi connectivity index (χ2v) is 9.13. The molecule has 33 heavy (non-hydrogen) atoms. The molecule has 0 aliphatic carbocycles. The van der Waals surface area contributed by atoms with E-state index in [0.717, 1.165) is 29.7 Å². The SMILES string of the molecule is CC(C)(C)OC(=O)N1CCC(Nc2nc(Nc3ccc(C=N)c(N)c3)nc3[nH]ccc23)CC1. The molecule has 0 spiro atoms. The van der Waals surface area contributed by atoms with E-state index in [-0.39, 0.29) is 12.1 Å². The maximum absolute atomic E-state index is 12.3. The molecule has 2 aromatic heterocycles. The molecule has 0 bridgehead atoms. The van der Waals surface area contributed by atoms with Crippen molar-refractivity contribution in [2.45, 2.75) is 45.3 Å². The van der Waals surface area contributed by atoms with Crippen molar-refractivity contribution in [2.75, 3.05) is 29.5 Å². The van der Waals surface area contributed by atoms with Crippen LogP contribution in [0.4, 0.5) is 27.9 Å². The molecular weight excluding hydrogens is 420 g/mol. The van der Waals surface area contributed by atoms with Crippen molar-refractivity contribution in [3.05, 3.63) is 36.0 Å². The molecule has 10 heteroatoms. The maximum atomic E-state index is 12.3. The average Bonchev–Trinajstić information content (AvgIpc) is 3.22. The molecule has 174 valence electrons. The summed E-state index contributed by atoms with van der Waals surface area (Å²) in [5, 5.41) is 15.0. The predicted molar refractivity (Wildman–Crippen MR) is 130 cm³/mol. The number of nitrogen functional groups attached to an aromatic ring is 1. The van der Waals surface area contributed by atoms with Crippen LogP contribution in [-0.4, -0.2) is 56.9 Å². The van der Waals surface area contributed by atoms with Crippen molar-refractivity contribution in [1.82, 2.24) is 19.9 Å². The van der Waals surface area contributed by atoms with Crippen LogP contribution < -0.4 is 16.4 Å². The number of hydrogen-bond donors (Lipinski definition) is 5. The Kier molecular flexibility index (Phi) is 6.08. The number of nitrogens with one attached hydrogen (secondary N) is 4.